The Morgan fingerprint density at radius 3 is 2.00 bits per heavy atom. The number of ether oxygens (including phenoxy) is 1. The number of hydrogen-bond donors (Lipinski definition) is 1. The van der Waals surface area contributed by atoms with E-state index in [0.717, 1.165) is 17.9 Å². The molecule has 0 aliphatic carbocycles. The summed E-state index contributed by atoms with van der Waals surface area (Å²) in [6.07, 6.45) is 0.952. The Balaban J connectivity index is 2.17. The van der Waals surface area contributed by atoms with E-state index < -0.39 is 0 Å². The molecule has 1 unspecified atom stereocenters. The van der Waals surface area contributed by atoms with E-state index in [-0.39, 0.29) is 12.0 Å². The fourth-order valence-electron chi connectivity index (χ4n) is 2.64. The van der Waals surface area contributed by atoms with Gasteiger partial charge in [-0.15, -0.1) is 0 Å². The Morgan fingerprint density at radius 2 is 1.50 bits per heavy atom. The fraction of sp³-hybridized carbons (Fsp3) is 0.250. The van der Waals surface area contributed by atoms with Crippen molar-refractivity contribution in [3.63, 3.8) is 0 Å². The van der Waals surface area contributed by atoms with Crippen molar-refractivity contribution < 1.29 is 4.74 Å². The van der Waals surface area contributed by atoms with Crippen LogP contribution in [0.3, 0.4) is 0 Å². The first-order chi connectivity index (χ1) is 8.81. The van der Waals surface area contributed by atoms with Gasteiger partial charge in [0.15, 0.2) is 0 Å². The van der Waals surface area contributed by atoms with Gasteiger partial charge in [0.1, 0.15) is 11.5 Å². The molecule has 0 spiro atoms. The van der Waals surface area contributed by atoms with Gasteiger partial charge >= 0.3 is 0 Å². The van der Waals surface area contributed by atoms with Gasteiger partial charge in [0.05, 0.1) is 0 Å². The van der Waals surface area contributed by atoms with Crippen molar-refractivity contribution in [2.75, 3.05) is 0 Å². The molecule has 3 rings (SSSR count). The van der Waals surface area contributed by atoms with Gasteiger partial charge in [0.25, 0.3) is 0 Å². The molecule has 1 atom stereocenters. The number of hydrogen-bond acceptors (Lipinski definition) is 2. The number of fused-ring (bicyclic) bond motifs is 2. The molecule has 2 aromatic carbocycles. The highest BCUT2D eigenvalue weighted by atomic mass is 16.5. The van der Waals surface area contributed by atoms with Crippen molar-refractivity contribution >= 4 is 0 Å². The molecule has 0 aromatic heterocycles. The largest absolute Gasteiger partial charge is 0.457 e. The molecule has 0 amide bonds. The standard InChI is InChI=1S/C16H17NO/c1-2-13(17)16-11-7-3-5-9-14(11)18-15-10-6-4-8-12(15)16/h3-10,13,16H,2,17H2,1H3. The molecule has 2 aromatic rings. The minimum absolute atomic E-state index is 0.121. The van der Waals surface area contributed by atoms with Crippen LogP contribution in [-0.4, -0.2) is 6.04 Å². The molecule has 2 N–H and O–H groups in total. The summed E-state index contributed by atoms with van der Waals surface area (Å²) in [5, 5.41) is 0. The van der Waals surface area contributed by atoms with E-state index in [0.29, 0.717) is 0 Å². The predicted octanol–water partition coefficient (Wildman–Crippen LogP) is 3.66. The first-order valence-electron chi connectivity index (χ1n) is 6.42. The average Bonchev–Trinajstić information content (AvgIpc) is 2.44. The maximum Gasteiger partial charge on any atom is 0.131 e. The van der Waals surface area contributed by atoms with E-state index in [1.54, 1.807) is 0 Å². The third-order valence-corrected chi connectivity index (χ3v) is 3.63. The topological polar surface area (TPSA) is 35.2 Å². The lowest BCUT2D eigenvalue weighted by Gasteiger charge is -2.31. The molecule has 0 bridgehead atoms. The van der Waals surface area contributed by atoms with Crippen LogP contribution in [0.5, 0.6) is 11.5 Å². The van der Waals surface area contributed by atoms with Crippen LogP contribution in [0.2, 0.25) is 0 Å². The van der Waals surface area contributed by atoms with Gasteiger partial charge in [-0.1, -0.05) is 43.3 Å². The minimum Gasteiger partial charge on any atom is -0.457 e. The van der Waals surface area contributed by atoms with E-state index in [1.807, 2.05) is 36.4 Å². The Labute approximate surface area is 107 Å². The predicted molar refractivity (Wildman–Crippen MR) is 73.1 cm³/mol. The molecule has 0 fully saturated rings. The molecule has 0 radical (unpaired) electrons. The molecule has 18 heavy (non-hydrogen) atoms. The zero-order chi connectivity index (χ0) is 12.5. The van der Waals surface area contributed by atoms with Gasteiger partial charge in [-0.05, 0) is 18.6 Å². The van der Waals surface area contributed by atoms with E-state index in [9.17, 15) is 0 Å². The lowest BCUT2D eigenvalue weighted by atomic mass is 9.82. The van der Waals surface area contributed by atoms with Gasteiger partial charge in [-0.3, -0.25) is 0 Å². The van der Waals surface area contributed by atoms with Crippen LogP contribution in [0.1, 0.15) is 30.4 Å². The van der Waals surface area contributed by atoms with Crippen LogP contribution in [0.4, 0.5) is 0 Å². The van der Waals surface area contributed by atoms with Crippen LogP contribution in [0, 0.1) is 0 Å². The van der Waals surface area contributed by atoms with Crippen molar-refractivity contribution in [2.24, 2.45) is 5.73 Å². The zero-order valence-electron chi connectivity index (χ0n) is 10.5. The van der Waals surface area contributed by atoms with Crippen molar-refractivity contribution in [1.82, 2.24) is 0 Å². The first kappa shape index (κ1) is 11.3. The molecule has 1 aliphatic heterocycles. The Hall–Kier alpha value is -1.80. The minimum atomic E-state index is 0.121. The Bertz CT molecular complexity index is 519. The molecule has 2 nitrogen and oxygen atoms in total. The van der Waals surface area contributed by atoms with E-state index in [4.69, 9.17) is 10.5 Å². The summed E-state index contributed by atoms with van der Waals surface area (Å²) in [6, 6.07) is 16.5. The second-order valence-corrected chi connectivity index (χ2v) is 4.73. The normalized spacial score (nSPS) is 15.4. The Kier molecular flexibility index (Phi) is 2.80. The van der Waals surface area contributed by atoms with Crippen molar-refractivity contribution in [3.05, 3.63) is 59.7 Å². The third-order valence-electron chi connectivity index (χ3n) is 3.63. The van der Waals surface area contributed by atoms with Crippen LogP contribution in [0.25, 0.3) is 0 Å². The van der Waals surface area contributed by atoms with Gasteiger partial charge in [-0.2, -0.15) is 0 Å². The smallest absolute Gasteiger partial charge is 0.131 e. The lowest BCUT2D eigenvalue weighted by Crippen LogP contribution is -2.30. The molecule has 92 valence electrons. The van der Waals surface area contributed by atoms with E-state index in [1.165, 1.54) is 11.1 Å². The first-order valence-corrected chi connectivity index (χ1v) is 6.42. The monoisotopic (exact) mass is 239 g/mol. The van der Waals surface area contributed by atoms with Crippen molar-refractivity contribution in [2.45, 2.75) is 25.3 Å². The molecule has 0 saturated heterocycles. The van der Waals surface area contributed by atoms with Gasteiger partial charge in [0, 0.05) is 23.1 Å². The quantitative estimate of drug-likeness (QED) is 0.868. The maximum atomic E-state index is 6.32. The fourth-order valence-corrected chi connectivity index (χ4v) is 2.64. The second kappa shape index (κ2) is 4.46. The summed E-state index contributed by atoms with van der Waals surface area (Å²) in [5.41, 5.74) is 8.72. The second-order valence-electron chi connectivity index (χ2n) is 4.73. The highest BCUT2D eigenvalue weighted by Crippen LogP contribution is 2.45. The third kappa shape index (κ3) is 1.70. The summed E-state index contributed by atoms with van der Waals surface area (Å²) >= 11 is 0. The maximum absolute atomic E-state index is 6.32. The van der Waals surface area contributed by atoms with Crippen molar-refractivity contribution in [1.29, 1.82) is 0 Å². The van der Waals surface area contributed by atoms with E-state index in [2.05, 4.69) is 19.1 Å². The molecule has 2 heteroatoms. The van der Waals surface area contributed by atoms with Gasteiger partial charge in [-0.25, -0.2) is 0 Å². The number of nitrogens with two attached hydrogens (primary N) is 1. The number of para-hydroxylation sites is 2. The van der Waals surface area contributed by atoms with Crippen LogP contribution in [-0.2, 0) is 0 Å². The highest BCUT2D eigenvalue weighted by Gasteiger charge is 2.30. The number of benzene rings is 2. The Morgan fingerprint density at radius 1 is 1.00 bits per heavy atom. The lowest BCUT2D eigenvalue weighted by molar-refractivity contribution is 0.426. The summed E-state index contributed by atoms with van der Waals surface area (Å²) in [4.78, 5) is 0. The summed E-state index contributed by atoms with van der Waals surface area (Å²) < 4.78 is 5.95. The molecule has 1 heterocycles. The van der Waals surface area contributed by atoms with Gasteiger partial charge < -0.3 is 10.5 Å². The average molecular weight is 239 g/mol. The summed E-state index contributed by atoms with van der Waals surface area (Å²) in [7, 11) is 0. The van der Waals surface area contributed by atoms with Crippen LogP contribution >= 0.6 is 0 Å². The molecular weight excluding hydrogens is 222 g/mol. The van der Waals surface area contributed by atoms with Crippen molar-refractivity contribution in [3.8, 4) is 11.5 Å². The molecule has 0 saturated carbocycles. The highest BCUT2D eigenvalue weighted by molar-refractivity contribution is 5.54. The zero-order valence-corrected chi connectivity index (χ0v) is 10.5. The SMILES string of the molecule is CCC(N)C1c2ccccc2Oc2ccccc21. The summed E-state index contributed by atoms with van der Waals surface area (Å²) in [6.45, 7) is 2.13. The number of rotatable bonds is 2. The summed E-state index contributed by atoms with van der Waals surface area (Å²) in [5.74, 6) is 2.10. The van der Waals surface area contributed by atoms with Crippen LogP contribution < -0.4 is 10.5 Å². The van der Waals surface area contributed by atoms with Gasteiger partial charge in [0.2, 0.25) is 0 Å². The van der Waals surface area contributed by atoms with E-state index >= 15 is 0 Å². The molecule has 1 aliphatic rings. The van der Waals surface area contributed by atoms with Crippen LogP contribution in [0.15, 0.2) is 48.5 Å². The molecular formula is C16H17NO.